The molecule has 0 aliphatic heterocycles. The number of rotatable bonds is 6. The van der Waals surface area contributed by atoms with Crippen LogP contribution < -0.4 is 5.32 Å². The van der Waals surface area contributed by atoms with Gasteiger partial charge >= 0.3 is 6.18 Å². The molecule has 5 nitrogen and oxygen atoms in total. The van der Waals surface area contributed by atoms with Crippen LogP contribution in [0.3, 0.4) is 0 Å². The molecule has 3 aromatic rings. The number of unbranched alkanes of at least 4 members (excludes halogenated alkanes) is 1. The zero-order valence-electron chi connectivity index (χ0n) is 14.6. The zero-order valence-corrected chi connectivity index (χ0v) is 16.2. The number of furan rings is 1. The molecule has 0 unspecified atom stereocenters. The molecule has 28 heavy (non-hydrogen) atoms. The molecule has 0 aliphatic rings. The lowest BCUT2D eigenvalue weighted by Gasteiger charge is -2.09. The second-order valence-corrected chi connectivity index (χ2v) is 7.38. The van der Waals surface area contributed by atoms with E-state index in [1.165, 1.54) is 23.5 Å². The molecule has 0 aliphatic carbocycles. The number of aryl methyl sites for hydroxylation is 1. The van der Waals surface area contributed by atoms with Gasteiger partial charge in [0.05, 0.1) is 10.6 Å². The van der Waals surface area contributed by atoms with Gasteiger partial charge in [0.1, 0.15) is 10.8 Å². The second kappa shape index (κ2) is 8.32. The lowest BCUT2D eigenvalue weighted by atomic mass is 10.1. The molecule has 148 valence electrons. The predicted molar refractivity (Wildman–Crippen MR) is 101 cm³/mol. The molecule has 0 saturated heterocycles. The van der Waals surface area contributed by atoms with Crippen LogP contribution in [0.2, 0.25) is 5.02 Å². The van der Waals surface area contributed by atoms with Gasteiger partial charge in [-0.1, -0.05) is 36.3 Å². The van der Waals surface area contributed by atoms with E-state index in [0.29, 0.717) is 5.13 Å². The molecule has 2 heterocycles. The minimum absolute atomic E-state index is 0.0494. The van der Waals surface area contributed by atoms with E-state index in [2.05, 4.69) is 22.4 Å². The average molecular weight is 430 g/mol. The first-order valence-electron chi connectivity index (χ1n) is 8.38. The van der Waals surface area contributed by atoms with Crippen LogP contribution in [0, 0.1) is 0 Å². The van der Waals surface area contributed by atoms with Crippen LogP contribution >= 0.6 is 22.9 Å². The van der Waals surface area contributed by atoms with Gasteiger partial charge in [-0.15, -0.1) is 10.2 Å². The topological polar surface area (TPSA) is 68.0 Å². The molecule has 0 saturated carbocycles. The number of nitrogens with one attached hydrogen (secondary N) is 1. The lowest BCUT2D eigenvalue weighted by molar-refractivity contribution is -0.137. The van der Waals surface area contributed by atoms with E-state index in [1.807, 2.05) is 0 Å². The van der Waals surface area contributed by atoms with E-state index in [0.717, 1.165) is 42.5 Å². The van der Waals surface area contributed by atoms with Crippen LogP contribution in [0.25, 0.3) is 11.3 Å². The zero-order chi connectivity index (χ0) is 20.3. The van der Waals surface area contributed by atoms with Gasteiger partial charge < -0.3 is 4.42 Å². The number of nitrogens with zero attached hydrogens (tertiary/aromatic N) is 2. The summed E-state index contributed by atoms with van der Waals surface area (Å²) >= 11 is 7.26. The Morgan fingerprint density at radius 3 is 2.75 bits per heavy atom. The summed E-state index contributed by atoms with van der Waals surface area (Å²) in [5.41, 5.74) is -0.809. The van der Waals surface area contributed by atoms with Crippen molar-refractivity contribution in [3.8, 4) is 11.3 Å². The Labute approximate surface area is 167 Å². The number of anilines is 1. The molecule has 10 heteroatoms. The Kier molecular flexibility index (Phi) is 6.04. The fraction of sp³-hybridized carbons (Fsp3) is 0.278. The van der Waals surface area contributed by atoms with Crippen molar-refractivity contribution in [2.45, 2.75) is 32.4 Å². The number of carbonyl (C=O) groups excluding carboxylic acids is 1. The van der Waals surface area contributed by atoms with Crippen LogP contribution in [-0.4, -0.2) is 16.1 Å². The maximum absolute atomic E-state index is 12.9. The molecule has 1 amide bonds. The van der Waals surface area contributed by atoms with Crippen molar-refractivity contribution in [1.82, 2.24) is 10.2 Å². The molecule has 0 atom stereocenters. The number of hydrogen-bond acceptors (Lipinski definition) is 5. The fourth-order valence-electron chi connectivity index (χ4n) is 2.39. The van der Waals surface area contributed by atoms with Gasteiger partial charge in [0.2, 0.25) is 5.13 Å². The summed E-state index contributed by atoms with van der Waals surface area (Å²) in [5, 5.41) is 11.7. The Bertz CT molecular complexity index is 985. The third kappa shape index (κ3) is 4.71. The van der Waals surface area contributed by atoms with Crippen molar-refractivity contribution in [2.24, 2.45) is 0 Å². The molecule has 0 radical (unpaired) electrons. The van der Waals surface area contributed by atoms with E-state index in [9.17, 15) is 18.0 Å². The smallest absolute Gasteiger partial charge is 0.416 e. The van der Waals surface area contributed by atoms with E-state index in [-0.39, 0.29) is 22.1 Å². The van der Waals surface area contributed by atoms with Crippen molar-refractivity contribution in [3.05, 3.63) is 51.7 Å². The summed E-state index contributed by atoms with van der Waals surface area (Å²) in [6.45, 7) is 2.06. The Morgan fingerprint density at radius 2 is 2.04 bits per heavy atom. The molecule has 3 rings (SSSR count). The van der Waals surface area contributed by atoms with Crippen LogP contribution in [0.5, 0.6) is 0 Å². The van der Waals surface area contributed by atoms with Crippen LogP contribution in [0.15, 0.2) is 34.7 Å². The fourth-order valence-corrected chi connectivity index (χ4v) is 3.37. The monoisotopic (exact) mass is 429 g/mol. The van der Waals surface area contributed by atoms with Gasteiger partial charge in [-0.05, 0) is 36.8 Å². The number of benzene rings is 1. The number of carbonyl (C=O) groups is 1. The van der Waals surface area contributed by atoms with Gasteiger partial charge in [-0.2, -0.15) is 13.2 Å². The minimum Gasteiger partial charge on any atom is -0.451 e. The SMILES string of the molecule is CCCCc1nnc(NC(=O)c2ccc(-c3cc(C(F)(F)F)ccc3Cl)o2)s1. The number of alkyl halides is 3. The first-order chi connectivity index (χ1) is 13.3. The summed E-state index contributed by atoms with van der Waals surface area (Å²) in [6.07, 6.45) is -1.74. The maximum atomic E-state index is 12.9. The summed E-state index contributed by atoms with van der Waals surface area (Å²) < 4.78 is 44.2. The lowest BCUT2D eigenvalue weighted by Crippen LogP contribution is -2.10. The number of hydrogen-bond donors (Lipinski definition) is 1. The number of halogens is 4. The summed E-state index contributed by atoms with van der Waals surface area (Å²) in [6, 6.07) is 5.66. The molecule has 1 aromatic carbocycles. The van der Waals surface area contributed by atoms with Crippen molar-refractivity contribution < 1.29 is 22.4 Å². The second-order valence-electron chi connectivity index (χ2n) is 5.91. The normalized spacial score (nSPS) is 11.6. The van der Waals surface area contributed by atoms with Gasteiger partial charge in [-0.3, -0.25) is 10.1 Å². The summed E-state index contributed by atoms with van der Waals surface area (Å²) in [5.74, 6) is -0.594. The van der Waals surface area contributed by atoms with Crippen molar-refractivity contribution >= 4 is 34.0 Å². The molecular formula is C18H15ClF3N3O2S. The molecule has 2 aromatic heterocycles. The third-order valence-corrected chi connectivity index (χ3v) is 5.05. The van der Waals surface area contributed by atoms with Crippen LogP contribution in [0.1, 0.15) is 40.9 Å². The van der Waals surface area contributed by atoms with Crippen molar-refractivity contribution in [3.63, 3.8) is 0 Å². The van der Waals surface area contributed by atoms with Crippen LogP contribution in [0.4, 0.5) is 18.3 Å². The highest BCUT2D eigenvalue weighted by atomic mass is 35.5. The number of aromatic nitrogens is 2. The van der Waals surface area contributed by atoms with Gasteiger partial charge in [-0.25, -0.2) is 0 Å². The maximum Gasteiger partial charge on any atom is 0.416 e. The van der Waals surface area contributed by atoms with E-state index < -0.39 is 17.6 Å². The molecule has 1 N–H and O–H groups in total. The third-order valence-electron chi connectivity index (χ3n) is 3.82. The van der Waals surface area contributed by atoms with Crippen LogP contribution in [-0.2, 0) is 12.6 Å². The van der Waals surface area contributed by atoms with Crippen molar-refractivity contribution in [2.75, 3.05) is 5.32 Å². The Hall–Kier alpha value is -2.39. The Balaban J connectivity index is 1.77. The number of amides is 1. The highest BCUT2D eigenvalue weighted by molar-refractivity contribution is 7.15. The van der Waals surface area contributed by atoms with Gasteiger partial charge in [0.15, 0.2) is 5.76 Å². The standard InChI is InChI=1S/C18H15ClF3N3O2S/c1-2-3-4-15-24-25-17(28-15)23-16(26)14-8-7-13(27-14)11-9-10(18(20,21)22)5-6-12(11)19/h5-9H,2-4H2,1H3,(H,23,25,26). The quantitative estimate of drug-likeness (QED) is 0.516. The average Bonchev–Trinajstić information content (AvgIpc) is 3.29. The van der Waals surface area contributed by atoms with E-state index in [4.69, 9.17) is 16.0 Å². The largest absolute Gasteiger partial charge is 0.451 e. The highest BCUT2D eigenvalue weighted by Gasteiger charge is 2.31. The van der Waals surface area contributed by atoms with E-state index in [1.54, 1.807) is 0 Å². The highest BCUT2D eigenvalue weighted by Crippen LogP contribution is 2.36. The first kappa shape index (κ1) is 20.3. The predicted octanol–water partition coefficient (Wildman–Crippen LogP) is 6.07. The molecule has 0 spiro atoms. The molecule has 0 fully saturated rings. The Morgan fingerprint density at radius 1 is 1.25 bits per heavy atom. The van der Waals surface area contributed by atoms with Gasteiger partial charge in [0.25, 0.3) is 5.91 Å². The molecule has 0 bridgehead atoms. The summed E-state index contributed by atoms with van der Waals surface area (Å²) in [7, 11) is 0. The minimum atomic E-state index is -4.51. The van der Waals surface area contributed by atoms with Gasteiger partial charge in [0, 0.05) is 12.0 Å². The summed E-state index contributed by atoms with van der Waals surface area (Å²) in [4.78, 5) is 12.3. The first-order valence-corrected chi connectivity index (χ1v) is 9.58. The van der Waals surface area contributed by atoms with E-state index >= 15 is 0 Å². The van der Waals surface area contributed by atoms with Crippen molar-refractivity contribution in [1.29, 1.82) is 0 Å². The molecular weight excluding hydrogens is 415 g/mol.